The largest absolute Gasteiger partial charge is 0.490 e. The second kappa shape index (κ2) is 7.36. The maximum absolute atomic E-state index is 11.6. The maximum Gasteiger partial charge on any atom is 0.319 e. The fraction of sp³-hybridized carbons (Fsp3) is 0.500. The topological polar surface area (TPSA) is 59.6 Å². The maximum atomic E-state index is 11.6. The first-order valence-corrected chi connectivity index (χ1v) is 7.03. The average molecular weight is 299 g/mol. The van der Waals surface area contributed by atoms with Crippen molar-refractivity contribution in [2.45, 2.75) is 12.8 Å². The summed E-state index contributed by atoms with van der Waals surface area (Å²) in [5.74, 6) is 1.23. The molecule has 20 heavy (non-hydrogen) atoms. The van der Waals surface area contributed by atoms with Crippen LogP contribution in [-0.2, 0) is 4.74 Å². The summed E-state index contributed by atoms with van der Waals surface area (Å²) in [7, 11) is 1.61. The normalized spacial score (nSPS) is 13.9. The minimum atomic E-state index is -0.207. The quantitative estimate of drug-likeness (QED) is 0.761. The van der Waals surface area contributed by atoms with Crippen LogP contribution in [0.25, 0.3) is 0 Å². The van der Waals surface area contributed by atoms with Crippen LogP contribution in [0.2, 0.25) is 5.02 Å². The fourth-order valence-corrected chi connectivity index (χ4v) is 1.90. The molecule has 2 rings (SSSR count). The van der Waals surface area contributed by atoms with E-state index < -0.39 is 0 Å². The number of hydrogen-bond acceptors (Lipinski definition) is 3. The van der Waals surface area contributed by atoms with Crippen molar-refractivity contribution in [3.8, 4) is 5.75 Å². The van der Waals surface area contributed by atoms with Crippen LogP contribution < -0.4 is 15.4 Å². The molecular formula is C14H19ClN2O3. The molecule has 0 unspecified atom stereocenters. The molecule has 1 aliphatic rings. The molecule has 0 heterocycles. The second-order valence-electron chi connectivity index (χ2n) is 4.76. The van der Waals surface area contributed by atoms with Gasteiger partial charge in [0.25, 0.3) is 0 Å². The minimum absolute atomic E-state index is 0.207. The first kappa shape index (κ1) is 14.9. The Labute approximate surface area is 123 Å². The van der Waals surface area contributed by atoms with Crippen LogP contribution in [0.15, 0.2) is 18.2 Å². The van der Waals surface area contributed by atoms with Gasteiger partial charge in [-0.2, -0.15) is 0 Å². The van der Waals surface area contributed by atoms with Crippen molar-refractivity contribution in [2.24, 2.45) is 5.92 Å². The van der Waals surface area contributed by atoms with Gasteiger partial charge in [-0.05, 0) is 37.0 Å². The molecule has 2 N–H and O–H groups in total. The third kappa shape index (κ3) is 4.90. The van der Waals surface area contributed by atoms with Crippen molar-refractivity contribution in [3.05, 3.63) is 23.2 Å². The smallest absolute Gasteiger partial charge is 0.319 e. The summed E-state index contributed by atoms with van der Waals surface area (Å²) in [4.78, 5) is 11.6. The number of amides is 2. The van der Waals surface area contributed by atoms with Gasteiger partial charge < -0.3 is 20.1 Å². The van der Waals surface area contributed by atoms with Crippen LogP contribution in [-0.4, -0.2) is 32.9 Å². The molecule has 0 radical (unpaired) electrons. The Bertz CT molecular complexity index is 464. The minimum Gasteiger partial charge on any atom is -0.490 e. The van der Waals surface area contributed by atoms with Crippen molar-refractivity contribution in [1.29, 1.82) is 0 Å². The van der Waals surface area contributed by atoms with Gasteiger partial charge in [0.15, 0.2) is 0 Å². The van der Waals surface area contributed by atoms with Crippen molar-refractivity contribution in [1.82, 2.24) is 5.32 Å². The number of benzene rings is 1. The standard InChI is InChI=1S/C14H19ClN2O3/c1-19-6-7-20-13-5-4-11(8-12(13)15)17-14(18)16-9-10-2-3-10/h4-5,8,10H,2-3,6-7,9H2,1H3,(H2,16,17,18). The highest BCUT2D eigenvalue weighted by Crippen LogP contribution is 2.28. The number of urea groups is 1. The fourth-order valence-electron chi connectivity index (χ4n) is 1.66. The van der Waals surface area contributed by atoms with Gasteiger partial charge in [-0.1, -0.05) is 11.6 Å². The van der Waals surface area contributed by atoms with E-state index in [1.807, 2.05) is 0 Å². The Morgan fingerprint density at radius 2 is 2.20 bits per heavy atom. The van der Waals surface area contributed by atoms with E-state index in [0.717, 1.165) is 6.54 Å². The molecule has 0 aliphatic heterocycles. The van der Waals surface area contributed by atoms with Crippen LogP contribution in [0.4, 0.5) is 10.5 Å². The molecule has 1 saturated carbocycles. The Balaban J connectivity index is 1.82. The second-order valence-corrected chi connectivity index (χ2v) is 5.17. The highest BCUT2D eigenvalue weighted by Gasteiger charge is 2.21. The number of methoxy groups -OCH3 is 1. The molecule has 0 bridgehead atoms. The first-order valence-electron chi connectivity index (χ1n) is 6.65. The lowest BCUT2D eigenvalue weighted by Gasteiger charge is -2.10. The number of rotatable bonds is 7. The number of carbonyl (C=O) groups is 1. The molecule has 0 spiro atoms. The van der Waals surface area contributed by atoms with E-state index in [-0.39, 0.29) is 6.03 Å². The van der Waals surface area contributed by atoms with Crippen LogP contribution in [0.1, 0.15) is 12.8 Å². The highest BCUT2D eigenvalue weighted by molar-refractivity contribution is 6.32. The van der Waals surface area contributed by atoms with Gasteiger partial charge in [0.1, 0.15) is 12.4 Å². The summed E-state index contributed by atoms with van der Waals surface area (Å²) in [6.45, 7) is 1.67. The van der Waals surface area contributed by atoms with Crippen LogP contribution in [0.3, 0.4) is 0 Å². The van der Waals surface area contributed by atoms with Gasteiger partial charge in [-0.15, -0.1) is 0 Å². The van der Waals surface area contributed by atoms with Crippen molar-refractivity contribution in [2.75, 3.05) is 32.2 Å². The molecule has 0 saturated heterocycles. The monoisotopic (exact) mass is 298 g/mol. The van der Waals surface area contributed by atoms with E-state index in [1.165, 1.54) is 12.8 Å². The summed E-state index contributed by atoms with van der Waals surface area (Å²) in [5.41, 5.74) is 0.641. The molecular weight excluding hydrogens is 280 g/mol. The summed E-state index contributed by atoms with van der Waals surface area (Å²) in [6, 6.07) is 4.95. The highest BCUT2D eigenvalue weighted by atomic mass is 35.5. The predicted octanol–water partition coefficient (Wildman–Crippen LogP) is 2.90. The average Bonchev–Trinajstić information content (AvgIpc) is 3.23. The van der Waals surface area contributed by atoms with Gasteiger partial charge in [-0.25, -0.2) is 4.79 Å². The molecule has 2 amide bonds. The number of hydrogen-bond donors (Lipinski definition) is 2. The Morgan fingerprint density at radius 3 is 2.85 bits per heavy atom. The zero-order valence-electron chi connectivity index (χ0n) is 11.4. The number of ether oxygens (including phenoxy) is 2. The third-order valence-electron chi connectivity index (χ3n) is 2.98. The van der Waals surface area contributed by atoms with E-state index in [0.29, 0.717) is 35.6 Å². The zero-order valence-corrected chi connectivity index (χ0v) is 12.2. The number of anilines is 1. The Kier molecular flexibility index (Phi) is 5.49. The summed E-state index contributed by atoms with van der Waals surface area (Å²) >= 11 is 6.09. The van der Waals surface area contributed by atoms with E-state index in [9.17, 15) is 4.79 Å². The first-order chi connectivity index (χ1) is 9.69. The Hall–Kier alpha value is -1.46. The molecule has 110 valence electrons. The number of nitrogens with one attached hydrogen (secondary N) is 2. The molecule has 0 aromatic heterocycles. The van der Waals surface area contributed by atoms with Crippen LogP contribution in [0, 0.1) is 5.92 Å². The van der Waals surface area contributed by atoms with Gasteiger partial charge in [0.05, 0.1) is 11.6 Å². The van der Waals surface area contributed by atoms with E-state index in [1.54, 1.807) is 25.3 Å². The number of halogens is 1. The van der Waals surface area contributed by atoms with Gasteiger partial charge in [0.2, 0.25) is 0 Å². The molecule has 6 heteroatoms. The molecule has 5 nitrogen and oxygen atoms in total. The van der Waals surface area contributed by atoms with Gasteiger partial charge in [-0.3, -0.25) is 0 Å². The van der Waals surface area contributed by atoms with Crippen molar-refractivity contribution < 1.29 is 14.3 Å². The SMILES string of the molecule is COCCOc1ccc(NC(=O)NCC2CC2)cc1Cl. The van der Waals surface area contributed by atoms with E-state index in [4.69, 9.17) is 21.1 Å². The molecule has 0 atom stereocenters. The lowest BCUT2D eigenvalue weighted by atomic mass is 10.3. The number of carbonyl (C=O) groups excluding carboxylic acids is 1. The predicted molar refractivity (Wildman–Crippen MR) is 78.6 cm³/mol. The van der Waals surface area contributed by atoms with Gasteiger partial charge in [0, 0.05) is 19.3 Å². The third-order valence-corrected chi connectivity index (χ3v) is 3.28. The van der Waals surface area contributed by atoms with Crippen LogP contribution >= 0.6 is 11.6 Å². The molecule has 1 aromatic rings. The van der Waals surface area contributed by atoms with Crippen molar-refractivity contribution in [3.63, 3.8) is 0 Å². The van der Waals surface area contributed by atoms with Gasteiger partial charge >= 0.3 is 6.03 Å². The lowest BCUT2D eigenvalue weighted by Crippen LogP contribution is -2.30. The lowest BCUT2D eigenvalue weighted by molar-refractivity contribution is 0.146. The molecule has 1 aromatic carbocycles. The summed E-state index contributed by atoms with van der Waals surface area (Å²) in [6.07, 6.45) is 2.42. The molecule has 1 aliphatic carbocycles. The summed E-state index contributed by atoms with van der Waals surface area (Å²) < 4.78 is 10.3. The zero-order chi connectivity index (χ0) is 14.4. The Morgan fingerprint density at radius 1 is 1.40 bits per heavy atom. The molecule has 1 fully saturated rings. The van der Waals surface area contributed by atoms with E-state index >= 15 is 0 Å². The van der Waals surface area contributed by atoms with Crippen LogP contribution in [0.5, 0.6) is 5.75 Å². The van der Waals surface area contributed by atoms with E-state index in [2.05, 4.69) is 10.6 Å². The summed E-state index contributed by atoms with van der Waals surface area (Å²) in [5, 5.41) is 6.03. The van der Waals surface area contributed by atoms with Crippen molar-refractivity contribution >= 4 is 23.3 Å².